The minimum absolute atomic E-state index is 0.282. The maximum absolute atomic E-state index is 13.3. The minimum Gasteiger partial charge on any atom is -0.318 e. The predicted octanol–water partition coefficient (Wildman–Crippen LogP) is 2.98. The quantitative estimate of drug-likeness (QED) is 0.496. The van der Waals surface area contributed by atoms with Crippen LogP contribution < -0.4 is 5.32 Å². The smallest absolute Gasteiger partial charge is 0.276 e. The standard InChI is InChI=1S/C18H15BrFN7O/c19-14-7-21-27(10-14)12-25-5-4-17(24-25)18(28)23-16-8-22-26(11-16)9-13-2-1-3-15(20)6-13/h1-8,10-11H,9,12H2,(H,23,28). The molecule has 1 aromatic carbocycles. The summed E-state index contributed by atoms with van der Waals surface area (Å²) in [7, 11) is 0. The third kappa shape index (κ3) is 4.34. The molecular weight excluding hydrogens is 429 g/mol. The molecule has 1 amide bonds. The molecule has 1 N–H and O–H groups in total. The Balaban J connectivity index is 1.38. The summed E-state index contributed by atoms with van der Waals surface area (Å²) in [6.45, 7) is 0.798. The third-order valence-corrected chi connectivity index (χ3v) is 4.30. The van der Waals surface area contributed by atoms with Crippen molar-refractivity contribution in [3.05, 3.63) is 82.9 Å². The molecule has 3 heterocycles. The molecule has 0 bridgehead atoms. The fourth-order valence-electron chi connectivity index (χ4n) is 2.66. The second kappa shape index (κ2) is 7.77. The van der Waals surface area contributed by atoms with Gasteiger partial charge in [0.25, 0.3) is 5.91 Å². The van der Waals surface area contributed by atoms with Crippen LogP contribution in [0.2, 0.25) is 0 Å². The highest BCUT2D eigenvalue weighted by Gasteiger charge is 2.11. The highest BCUT2D eigenvalue weighted by molar-refractivity contribution is 9.10. The average Bonchev–Trinajstić information content (AvgIpc) is 3.38. The number of rotatable bonds is 6. The summed E-state index contributed by atoms with van der Waals surface area (Å²) >= 11 is 3.33. The van der Waals surface area contributed by atoms with E-state index in [-0.39, 0.29) is 17.4 Å². The molecule has 142 valence electrons. The Bertz CT molecular complexity index is 1120. The maximum Gasteiger partial charge on any atom is 0.276 e. The predicted molar refractivity (Wildman–Crippen MR) is 103 cm³/mol. The van der Waals surface area contributed by atoms with Crippen molar-refractivity contribution in [1.82, 2.24) is 29.3 Å². The molecule has 0 aliphatic carbocycles. The van der Waals surface area contributed by atoms with Gasteiger partial charge in [-0.25, -0.2) is 9.07 Å². The molecule has 0 aliphatic heterocycles. The van der Waals surface area contributed by atoms with Crippen LogP contribution in [-0.4, -0.2) is 35.2 Å². The minimum atomic E-state index is -0.342. The van der Waals surface area contributed by atoms with Gasteiger partial charge in [0.2, 0.25) is 0 Å². The summed E-state index contributed by atoms with van der Waals surface area (Å²) in [6, 6.07) is 7.93. The second-order valence-electron chi connectivity index (χ2n) is 6.09. The molecule has 0 aliphatic rings. The zero-order valence-corrected chi connectivity index (χ0v) is 16.1. The number of nitrogens with one attached hydrogen (secondary N) is 1. The van der Waals surface area contributed by atoms with Gasteiger partial charge >= 0.3 is 0 Å². The van der Waals surface area contributed by atoms with Crippen LogP contribution in [0.4, 0.5) is 10.1 Å². The summed E-state index contributed by atoms with van der Waals surface area (Å²) in [4.78, 5) is 12.4. The SMILES string of the molecule is O=C(Nc1cnn(Cc2cccc(F)c2)c1)c1ccn(Cn2cc(Br)cn2)n1. The first-order chi connectivity index (χ1) is 13.5. The number of halogens is 2. The van der Waals surface area contributed by atoms with Gasteiger partial charge in [-0.1, -0.05) is 12.1 Å². The van der Waals surface area contributed by atoms with Crippen molar-refractivity contribution in [3.63, 3.8) is 0 Å². The van der Waals surface area contributed by atoms with Gasteiger partial charge in [-0.3, -0.25) is 14.2 Å². The Morgan fingerprint density at radius 2 is 1.96 bits per heavy atom. The van der Waals surface area contributed by atoms with Gasteiger partial charge < -0.3 is 5.32 Å². The average molecular weight is 444 g/mol. The maximum atomic E-state index is 13.3. The van der Waals surface area contributed by atoms with E-state index in [1.807, 2.05) is 12.3 Å². The van der Waals surface area contributed by atoms with E-state index in [0.717, 1.165) is 10.0 Å². The molecule has 0 unspecified atom stereocenters. The molecule has 10 heteroatoms. The monoisotopic (exact) mass is 443 g/mol. The lowest BCUT2D eigenvalue weighted by atomic mass is 10.2. The summed E-state index contributed by atoms with van der Waals surface area (Å²) in [6.07, 6.45) is 8.42. The van der Waals surface area contributed by atoms with Crippen molar-refractivity contribution >= 4 is 27.5 Å². The first-order valence-corrected chi connectivity index (χ1v) is 9.14. The summed E-state index contributed by atoms with van der Waals surface area (Å²) in [5.41, 5.74) is 1.60. The molecule has 0 saturated heterocycles. The van der Waals surface area contributed by atoms with Crippen LogP contribution in [0.3, 0.4) is 0 Å². The van der Waals surface area contributed by atoms with Crippen LogP contribution >= 0.6 is 15.9 Å². The molecule has 3 aromatic heterocycles. The van der Waals surface area contributed by atoms with Crippen LogP contribution in [0.25, 0.3) is 0 Å². The number of carbonyl (C=O) groups excluding carboxylic acids is 1. The van der Waals surface area contributed by atoms with E-state index in [1.54, 1.807) is 44.8 Å². The van der Waals surface area contributed by atoms with Gasteiger partial charge in [0.1, 0.15) is 12.5 Å². The number of nitrogens with zero attached hydrogens (tertiary/aromatic N) is 6. The molecule has 0 atom stereocenters. The lowest BCUT2D eigenvalue weighted by Gasteiger charge is -2.02. The zero-order chi connectivity index (χ0) is 19.5. The third-order valence-electron chi connectivity index (χ3n) is 3.89. The normalized spacial score (nSPS) is 10.9. The lowest BCUT2D eigenvalue weighted by molar-refractivity contribution is 0.102. The van der Waals surface area contributed by atoms with Gasteiger partial charge in [0, 0.05) is 18.6 Å². The van der Waals surface area contributed by atoms with Crippen molar-refractivity contribution in [2.45, 2.75) is 13.2 Å². The van der Waals surface area contributed by atoms with Crippen LogP contribution in [0.5, 0.6) is 0 Å². The number of aromatic nitrogens is 6. The van der Waals surface area contributed by atoms with E-state index >= 15 is 0 Å². The van der Waals surface area contributed by atoms with E-state index in [0.29, 0.717) is 18.9 Å². The van der Waals surface area contributed by atoms with E-state index in [9.17, 15) is 9.18 Å². The lowest BCUT2D eigenvalue weighted by Crippen LogP contribution is -2.14. The number of benzene rings is 1. The zero-order valence-electron chi connectivity index (χ0n) is 14.5. The van der Waals surface area contributed by atoms with Gasteiger partial charge in [0.15, 0.2) is 5.69 Å². The van der Waals surface area contributed by atoms with E-state index in [4.69, 9.17) is 0 Å². The van der Waals surface area contributed by atoms with Crippen molar-refractivity contribution in [3.8, 4) is 0 Å². The molecule has 4 aromatic rings. The number of hydrogen-bond donors (Lipinski definition) is 1. The fraction of sp³-hybridized carbons (Fsp3) is 0.111. The van der Waals surface area contributed by atoms with Crippen molar-refractivity contribution in [2.75, 3.05) is 5.32 Å². The van der Waals surface area contributed by atoms with E-state index in [2.05, 4.69) is 36.5 Å². The Kier molecular flexibility index (Phi) is 5.02. The molecule has 0 fully saturated rings. The first kappa shape index (κ1) is 18.1. The molecule has 0 spiro atoms. The summed E-state index contributed by atoms with van der Waals surface area (Å²) < 4.78 is 19.1. The highest BCUT2D eigenvalue weighted by atomic mass is 79.9. The molecule has 0 saturated carbocycles. The highest BCUT2D eigenvalue weighted by Crippen LogP contribution is 2.11. The number of anilines is 1. The largest absolute Gasteiger partial charge is 0.318 e. The van der Waals surface area contributed by atoms with Gasteiger partial charge in [-0.15, -0.1) is 0 Å². The number of hydrogen-bond acceptors (Lipinski definition) is 4. The van der Waals surface area contributed by atoms with Crippen molar-refractivity contribution in [1.29, 1.82) is 0 Å². The van der Waals surface area contributed by atoms with Crippen molar-refractivity contribution in [2.24, 2.45) is 0 Å². The summed E-state index contributed by atoms with van der Waals surface area (Å²) in [5, 5.41) is 15.3. The molecule has 8 nitrogen and oxygen atoms in total. The van der Waals surface area contributed by atoms with E-state index < -0.39 is 0 Å². The second-order valence-corrected chi connectivity index (χ2v) is 7.01. The Morgan fingerprint density at radius 3 is 2.75 bits per heavy atom. The molecule has 28 heavy (non-hydrogen) atoms. The number of carbonyl (C=O) groups is 1. The topological polar surface area (TPSA) is 82.6 Å². The first-order valence-electron chi connectivity index (χ1n) is 8.35. The van der Waals surface area contributed by atoms with Crippen LogP contribution in [0, 0.1) is 5.82 Å². The Morgan fingerprint density at radius 1 is 1.11 bits per heavy atom. The fourth-order valence-corrected chi connectivity index (χ4v) is 2.99. The van der Waals surface area contributed by atoms with Crippen LogP contribution in [0.1, 0.15) is 16.1 Å². The van der Waals surface area contributed by atoms with Crippen molar-refractivity contribution < 1.29 is 9.18 Å². The molecule has 0 radical (unpaired) electrons. The van der Waals surface area contributed by atoms with Gasteiger partial charge in [-0.2, -0.15) is 15.3 Å². The molecule has 4 rings (SSSR count). The number of amides is 1. The van der Waals surface area contributed by atoms with E-state index in [1.165, 1.54) is 18.3 Å². The van der Waals surface area contributed by atoms with Gasteiger partial charge in [-0.05, 0) is 39.7 Å². The Labute approximate surface area is 167 Å². The van der Waals surface area contributed by atoms with Gasteiger partial charge in [0.05, 0.1) is 29.1 Å². The van der Waals surface area contributed by atoms with Crippen LogP contribution in [0.15, 0.2) is 65.8 Å². The summed E-state index contributed by atoms with van der Waals surface area (Å²) in [5.74, 6) is -0.637. The molecular formula is C18H15BrFN7O. The van der Waals surface area contributed by atoms with Crippen LogP contribution in [-0.2, 0) is 13.2 Å². The Hall–Kier alpha value is -3.27.